The molecule has 1 atom stereocenters. The number of carboxylic acids is 1. The van der Waals surface area contributed by atoms with Gasteiger partial charge < -0.3 is 15.3 Å². The minimum Gasteiger partial charge on any atom is -0.506 e. The Balaban J connectivity index is 3.24. The van der Waals surface area contributed by atoms with Crippen LogP contribution in [-0.2, 0) is 4.79 Å². The fraction of sp³-hybridized carbons (Fsp3) is 0.222. The fourth-order valence-electron chi connectivity index (χ4n) is 1.02. The van der Waals surface area contributed by atoms with Crippen LogP contribution in [0.5, 0.6) is 5.75 Å². The molecule has 0 bridgehead atoms. The second kappa shape index (κ2) is 3.98. The molecule has 0 spiro atoms. The number of benzene rings is 1. The molecule has 3 N–H and O–H groups in total. The lowest BCUT2D eigenvalue weighted by Gasteiger charge is -2.10. The molecule has 1 aromatic rings. The number of phenolic OH excluding ortho intramolecular Hbond substituents is 1. The Hall–Kier alpha value is -1.07. The molecule has 0 fully saturated rings. The normalized spacial score (nSPS) is 12.5. The lowest BCUT2D eigenvalue weighted by Crippen LogP contribution is -2.11. The summed E-state index contributed by atoms with van der Waals surface area (Å²) in [4.78, 5) is 10.5. The summed E-state index contributed by atoms with van der Waals surface area (Å²) in [7, 11) is 0. The van der Waals surface area contributed by atoms with Gasteiger partial charge in [0.2, 0.25) is 0 Å². The van der Waals surface area contributed by atoms with Gasteiger partial charge >= 0.3 is 5.97 Å². The summed E-state index contributed by atoms with van der Waals surface area (Å²) in [5, 5.41) is 27.3. The maximum atomic E-state index is 10.5. The predicted molar refractivity (Wildman–Crippen MR) is 53.1 cm³/mol. The molecule has 14 heavy (non-hydrogen) atoms. The topological polar surface area (TPSA) is 77.8 Å². The molecule has 0 heterocycles. The van der Waals surface area contributed by atoms with Crippen molar-refractivity contribution >= 4 is 21.9 Å². The van der Waals surface area contributed by atoms with E-state index in [0.717, 1.165) is 0 Å². The number of carbonyl (C=O) groups is 1. The van der Waals surface area contributed by atoms with Crippen molar-refractivity contribution in [1.82, 2.24) is 0 Å². The highest BCUT2D eigenvalue weighted by atomic mass is 79.9. The van der Waals surface area contributed by atoms with E-state index >= 15 is 0 Å². The molecule has 0 aliphatic carbocycles. The lowest BCUT2D eigenvalue weighted by molar-refractivity contribution is -0.147. The first kappa shape index (κ1) is 11.0. The van der Waals surface area contributed by atoms with Crippen molar-refractivity contribution in [2.75, 3.05) is 0 Å². The number of aryl methyl sites for hydroxylation is 1. The van der Waals surface area contributed by atoms with Gasteiger partial charge in [0.25, 0.3) is 0 Å². The third-order valence-electron chi connectivity index (χ3n) is 1.88. The van der Waals surface area contributed by atoms with Gasteiger partial charge in [0, 0.05) is 5.56 Å². The van der Waals surface area contributed by atoms with E-state index < -0.39 is 12.1 Å². The van der Waals surface area contributed by atoms with Crippen molar-refractivity contribution in [3.05, 3.63) is 27.7 Å². The number of halogens is 1. The number of rotatable bonds is 2. The zero-order chi connectivity index (χ0) is 10.9. The van der Waals surface area contributed by atoms with Crippen molar-refractivity contribution in [1.29, 1.82) is 0 Å². The zero-order valence-corrected chi connectivity index (χ0v) is 8.95. The van der Waals surface area contributed by atoms with Gasteiger partial charge in [0.1, 0.15) is 5.75 Å². The summed E-state index contributed by atoms with van der Waals surface area (Å²) >= 11 is 3.03. The van der Waals surface area contributed by atoms with Gasteiger partial charge in [-0.25, -0.2) is 4.79 Å². The molecular weight excluding hydrogens is 252 g/mol. The SMILES string of the molecule is Cc1ccc(C(O)C(=O)O)c(Br)c1O. The Morgan fingerprint density at radius 3 is 2.57 bits per heavy atom. The van der Waals surface area contributed by atoms with E-state index in [0.29, 0.717) is 5.56 Å². The van der Waals surface area contributed by atoms with Crippen LogP contribution in [0, 0.1) is 6.92 Å². The molecule has 0 saturated carbocycles. The van der Waals surface area contributed by atoms with Crippen LogP contribution in [0.15, 0.2) is 16.6 Å². The Kier molecular flexibility index (Phi) is 3.13. The highest BCUT2D eigenvalue weighted by molar-refractivity contribution is 9.10. The predicted octanol–water partition coefficient (Wildman–Crippen LogP) is 1.58. The van der Waals surface area contributed by atoms with E-state index in [1.54, 1.807) is 13.0 Å². The van der Waals surface area contributed by atoms with Crippen LogP contribution in [0.25, 0.3) is 0 Å². The van der Waals surface area contributed by atoms with Crippen molar-refractivity contribution in [2.45, 2.75) is 13.0 Å². The highest BCUT2D eigenvalue weighted by Gasteiger charge is 2.20. The number of hydrogen-bond donors (Lipinski definition) is 3. The smallest absolute Gasteiger partial charge is 0.337 e. The number of aliphatic hydroxyl groups excluding tert-OH is 1. The summed E-state index contributed by atoms with van der Waals surface area (Å²) in [6.45, 7) is 1.68. The third kappa shape index (κ3) is 1.88. The molecule has 76 valence electrons. The Morgan fingerprint density at radius 2 is 2.07 bits per heavy atom. The molecule has 1 rings (SSSR count). The minimum atomic E-state index is -1.63. The van der Waals surface area contributed by atoms with E-state index in [1.807, 2.05) is 0 Å². The number of aliphatic carboxylic acids is 1. The summed E-state index contributed by atoms with van der Waals surface area (Å²) in [5.74, 6) is -1.41. The molecule has 4 nitrogen and oxygen atoms in total. The van der Waals surface area contributed by atoms with Gasteiger partial charge in [0.05, 0.1) is 4.47 Å². The second-order valence-corrected chi connectivity index (χ2v) is 3.67. The quantitative estimate of drug-likeness (QED) is 0.755. The number of phenols is 1. The standard InChI is InChI=1S/C9H9BrO4/c1-4-2-3-5(6(10)7(4)11)8(12)9(13)14/h2-3,8,11-12H,1H3,(H,13,14). The first-order valence-electron chi connectivity index (χ1n) is 3.84. The Bertz CT molecular complexity index is 375. The van der Waals surface area contributed by atoms with Gasteiger partial charge in [0.15, 0.2) is 6.10 Å². The van der Waals surface area contributed by atoms with Crippen LogP contribution < -0.4 is 0 Å². The highest BCUT2D eigenvalue weighted by Crippen LogP contribution is 2.34. The monoisotopic (exact) mass is 260 g/mol. The zero-order valence-electron chi connectivity index (χ0n) is 7.36. The van der Waals surface area contributed by atoms with Crippen LogP contribution in [0.4, 0.5) is 0 Å². The van der Waals surface area contributed by atoms with E-state index in [-0.39, 0.29) is 15.8 Å². The fourth-order valence-corrected chi connectivity index (χ4v) is 1.68. The molecule has 0 aromatic heterocycles. The van der Waals surface area contributed by atoms with E-state index in [2.05, 4.69) is 15.9 Å². The van der Waals surface area contributed by atoms with Crippen LogP contribution in [0.3, 0.4) is 0 Å². The van der Waals surface area contributed by atoms with Gasteiger partial charge in [-0.15, -0.1) is 0 Å². The van der Waals surface area contributed by atoms with Gasteiger partial charge in [-0.05, 0) is 28.4 Å². The van der Waals surface area contributed by atoms with Crippen molar-refractivity contribution in [3.63, 3.8) is 0 Å². The number of hydrogen-bond acceptors (Lipinski definition) is 3. The van der Waals surface area contributed by atoms with Crippen molar-refractivity contribution < 1.29 is 20.1 Å². The second-order valence-electron chi connectivity index (χ2n) is 2.88. The van der Waals surface area contributed by atoms with Gasteiger partial charge in [-0.3, -0.25) is 0 Å². The molecule has 1 unspecified atom stereocenters. The third-order valence-corrected chi connectivity index (χ3v) is 2.71. The van der Waals surface area contributed by atoms with E-state index in [4.69, 9.17) is 5.11 Å². The van der Waals surface area contributed by atoms with Crippen LogP contribution >= 0.6 is 15.9 Å². The lowest BCUT2D eigenvalue weighted by atomic mass is 10.1. The molecule has 0 aliphatic rings. The molecule has 0 aliphatic heterocycles. The number of aromatic hydroxyl groups is 1. The summed E-state index contributed by atoms with van der Waals surface area (Å²) in [6, 6.07) is 3.00. The molecule has 0 radical (unpaired) electrons. The maximum absolute atomic E-state index is 10.5. The number of aliphatic hydroxyl groups is 1. The van der Waals surface area contributed by atoms with Gasteiger partial charge in [-0.2, -0.15) is 0 Å². The Labute approximate surface area is 88.9 Å². The van der Waals surface area contributed by atoms with Gasteiger partial charge in [-0.1, -0.05) is 12.1 Å². The average molecular weight is 261 g/mol. The maximum Gasteiger partial charge on any atom is 0.337 e. The Morgan fingerprint density at radius 1 is 1.50 bits per heavy atom. The number of carboxylic acid groups (broad SMARTS) is 1. The van der Waals surface area contributed by atoms with E-state index in [1.165, 1.54) is 6.07 Å². The molecule has 1 aromatic carbocycles. The van der Waals surface area contributed by atoms with Crippen LogP contribution in [0.2, 0.25) is 0 Å². The van der Waals surface area contributed by atoms with Crippen LogP contribution in [-0.4, -0.2) is 21.3 Å². The summed E-state index contributed by atoms with van der Waals surface area (Å²) in [6.07, 6.45) is -1.63. The first-order chi connectivity index (χ1) is 6.45. The molecular formula is C9H9BrO4. The first-order valence-corrected chi connectivity index (χ1v) is 4.63. The van der Waals surface area contributed by atoms with Crippen LogP contribution in [0.1, 0.15) is 17.2 Å². The largest absolute Gasteiger partial charge is 0.506 e. The molecule has 0 saturated heterocycles. The van der Waals surface area contributed by atoms with E-state index in [9.17, 15) is 15.0 Å². The summed E-state index contributed by atoms with van der Waals surface area (Å²) in [5.41, 5.74) is 0.749. The summed E-state index contributed by atoms with van der Waals surface area (Å²) < 4.78 is 0.215. The minimum absolute atomic E-state index is 0.0530. The molecule has 0 amide bonds. The van der Waals surface area contributed by atoms with Crippen molar-refractivity contribution in [2.24, 2.45) is 0 Å². The van der Waals surface area contributed by atoms with Crippen molar-refractivity contribution in [3.8, 4) is 5.75 Å². The molecule has 5 heteroatoms. The average Bonchev–Trinajstić information content (AvgIpc) is 2.13.